The van der Waals surface area contributed by atoms with Crippen molar-refractivity contribution < 1.29 is 19.1 Å². The molecule has 5 rings (SSSR count). The SMILES string of the molecule is Cn1c(=O)n(C2CCC(=O)NC2=O)c2ccc(C3CCC4(CC3)OCCO4)cc21. The number of imidazole rings is 1. The number of hydrogen-bond acceptors (Lipinski definition) is 5. The second-order valence-corrected chi connectivity index (χ2v) is 8.31. The summed E-state index contributed by atoms with van der Waals surface area (Å²) < 4.78 is 14.8. The lowest BCUT2D eigenvalue weighted by atomic mass is 9.81. The van der Waals surface area contributed by atoms with E-state index < -0.39 is 11.9 Å². The van der Waals surface area contributed by atoms with Crippen molar-refractivity contribution >= 4 is 22.8 Å². The monoisotopic (exact) mass is 399 g/mol. The summed E-state index contributed by atoms with van der Waals surface area (Å²) in [6, 6.07) is 5.41. The van der Waals surface area contributed by atoms with E-state index >= 15 is 0 Å². The zero-order valence-corrected chi connectivity index (χ0v) is 16.5. The first-order valence-electron chi connectivity index (χ1n) is 10.3. The van der Waals surface area contributed by atoms with Gasteiger partial charge in [0.05, 0.1) is 24.2 Å². The van der Waals surface area contributed by atoms with Crippen molar-refractivity contribution in [3.63, 3.8) is 0 Å². The summed E-state index contributed by atoms with van der Waals surface area (Å²) in [6.45, 7) is 1.35. The lowest BCUT2D eigenvalue weighted by molar-refractivity contribution is -0.178. The largest absolute Gasteiger partial charge is 0.348 e. The summed E-state index contributed by atoms with van der Waals surface area (Å²) in [4.78, 5) is 36.7. The Kier molecular flexibility index (Phi) is 4.36. The molecule has 29 heavy (non-hydrogen) atoms. The van der Waals surface area contributed by atoms with E-state index in [0.717, 1.165) is 36.7 Å². The number of carbonyl (C=O) groups excluding carboxylic acids is 2. The molecule has 8 heteroatoms. The maximum absolute atomic E-state index is 12.9. The third-order valence-electron chi connectivity index (χ3n) is 6.67. The van der Waals surface area contributed by atoms with Gasteiger partial charge in [-0.15, -0.1) is 0 Å². The Hall–Kier alpha value is -2.45. The van der Waals surface area contributed by atoms with Gasteiger partial charge in [-0.2, -0.15) is 0 Å². The molecule has 1 saturated carbocycles. The first-order chi connectivity index (χ1) is 14.0. The topological polar surface area (TPSA) is 91.6 Å². The molecule has 8 nitrogen and oxygen atoms in total. The van der Waals surface area contributed by atoms with Gasteiger partial charge < -0.3 is 9.47 Å². The van der Waals surface area contributed by atoms with Crippen LogP contribution in [0.25, 0.3) is 11.0 Å². The van der Waals surface area contributed by atoms with Gasteiger partial charge in [0.25, 0.3) is 0 Å². The van der Waals surface area contributed by atoms with Crippen molar-refractivity contribution in [1.29, 1.82) is 0 Å². The number of imide groups is 1. The molecule has 154 valence electrons. The van der Waals surface area contributed by atoms with E-state index in [1.165, 1.54) is 10.1 Å². The lowest BCUT2D eigenvalue weighted by Crippen LogP contribution is -2.44. The molecule has 1 aromatic heterocycles. The fourth-order valence-electron chi connectivity index (χ4n) is 5.04. The highest BCUT2D eigenvalue weighted by molar-refractivity contribution is 6.00. The molecule has 0 bridgehead atoms. The molecule has 1 aromatic carbocycles. The fourth-order valence-corrected chi connectivity index (χ4v) is 5.04. The van der Waals surface area contributed by atoms with Crippen molar-refractivity contribution in [3.8, 4) is 0 Å². The molecule has 1 atom stereocenters. The zero-order valence-electron chi connectivity index (χ0n) is 16.5. The maximum atomic E-state index is 12.9. The molecule has 2 amide bonds. The molecule has 3 aliphatic rings. The van der Waals surface area contributed by atoms with Crippen molar-refractivity contribution in [1.82, 2.24) is 14.5 Å². The van der Waals surface area contributed by atoms with Crippen molar-refractivity contribution in [2.75, 3.05) is 13.2 Å². The molecule has 1 aliphatic carbocycles. The predicted octanol–water partition coefficient (Wildman–Crippen LogP) is 1.72. The maximum Gasteiger partial charge on any atom is 0.329 e. The van der Waals surface area contributed by atoms with Crippen LogP contribution < -0.4 is 11.0 Å². The van der Waals surface area contributed by atoms with E-state index in [1.807, 2.05) is 6.07 Å². The van der Waals surface area contributed by atoms with Crippen LogP contribution in [0.15, 0.2) is 23.0 Å². The molecule has 3 heterocycles. The highest BCUT2D eigenvalue weighted by Gasteiger charge is 2.40. The summed E-state index contributed by atoms with van der Waals surface area (Å²) in [5.41, 5.74) is 2.50. The molecular formula is C21H25N3O5. The number of rotatable bonds is 2. The molecule has 2 aromatic rings. The minimum absolute atomic E-state index is 0.234. The highest BCUT2D eigenvalue weighted by Crippen LogP contribution is 2.42. The number of nitrogens with zero attached hydrogens (tertiary/aromatic N) is 2. The number of carbonyl (C=O) groups is 2. The number of benzene rings is 1. The van der Waals surface area contributed by atoms with Crippen LogP contribution in [0.5, 0.6) is 0 Å². The third kappa shape index (κ3) is 3.02. The Morgan fingerprint density at radius 2 is 1.76 bits per heavy atom. The van der Waals surface area contributed by atoms with Gasteiger partial charge in [-0.3, -0.25) is 24.0 Å². The van der Waals surface area contributed by atoms with Crippen LogP contribution in [0.3, 0.4) is 0 Å². The first-order valence-corrected chi connectivity index (χ1v) is 10.3. The van der Waals surface area contributed by atoms with E-state index in [0.29, 0.717) is 25.6 Å². The van der Waals surface area contributed by atoms with Crippen molar-refractivity contribution in [2.45, 2.75) is 56.3 Å². The van der Waals surface area contributed by atoms with Crippen LogP contribution in [0.2, 0.25) is 0 Å². The van der Waals surface area contributed by atoms with E-state index in [4.69, 9.17) is 9.47 Å². The molecule has 1 N–H and O–H groups in total. The van der Waals surface area contributed by atoms with Gasteiger partial charge in [0.2, 0.25) is 11.8 Å². The zero-order chi connectivity index (χ0) is 20.2. The van der Waals surface area contributed by atoms with Gasteiger partial charge in [-0.25, -0.2) is 4.79 Å². The first kappa shape index (κ1) is 18.6. The Labute approximate surface area is 167 Å². The van der Waals surface area contributed by atoms with Crippen LogP contribution in [0, 0.1) is 0 Å². The number of fused-ring (bicyclic) bond motifs is 1. The summed E-state index contributed by atoms with van der Waals surface area (Å²) >= 11 is 0. The van der Waals surface area contributed by atoms with Gasteiger partial charge in [-0.1, -0.05) is 6.07 Å². The quantitative estimate of drug-likeness (QED) is 0.777. The normalized spacial score (nSPS) is 25.1. The number of aromatic nitrogens is 2. The Morgan fingerprint density at radius 1 is 1.03 bits per heavy atom. The summed E-state index contributed by atoms with van der Waals surface area (Å²) in [7, 11) is 1.73. The number of piperidine rings is 1. The summed E-state index contributed by atoms with van der Waals surface area (Å²) in [5, 5.41) is 2.35. The minimum atomic E-state index is -0.652. The average molecular weight is 399 g/mol. The van der Waals surface area contributed by atoms with Gasteiger partial charge >= 0.3 is 5.69 Å². The van der Waals surface area contributed by atoms with E-state index in [9.17, 15) is 14.4 Å². The summed E-state index contributed by atoms with van der Waals surface area (Å²) in [5.74, 6) is -0.684. The van der Waals surface area contributed by atoms with Crippen LogP contribution in [-0.4, -0.2) is 39.9 Å². The number of aryl methyl sites for hydroxylation is 1. The van der Waals surface area contributed by atoms with Gasteiger partial charge in [-0.05, 0) is 42.9 Å². The fraction of sp³-hybridized carbons (Fsp3) is 0.571. The smallest absolute Gasteiger partial charge is 0.329 e. The average Bonchev–Trinajstić information content (AvgIpc) is 3.26. The molecule has 3 fully saturated rings. The van der Waals surface area contributed by atoms with Crippen molar-refractivity contribution in [2.24, 2.45) is 7.05 Å². The standard InChI is InChI=1S/C21H25N3O5/c1-23-17-12-14(13-6-8-21(9-7-13)28-10-11-29-21)2-3-15(17)24(20(23)27)16-4-5-18(25)22-19(16)26/h2-3,12-13,16H,4-11H2,1H3,(H,22,25,26). The number of ether oxygens (including phenoxy) is 2. The minimum Gasteiger partial charge on any atom is -0.348 e. The van der Waals surface area contributed by atoms with Gasteiger partial charge in [0, 0.05) is 26.3 Å². The van der Waals surface area contributed by atoms with Crippen LogP contribution in [-0.2, 0) is 26.1 Å². The number of nitrogens with one attached hydrogen (secondary N) is 1. The van der Waals surface area contributed by atoms with E-state index in [2.05, 4.69) is 17.4 Å². The molecule has 2 saturated heterocycles. The second kappa shape index (κ2) is 6.81. The van der Waals surface area contributed by atoms with E-state index in [1.54, 1.807) is 11.6 Å². The van der Waals surface area contributed by atoms with Gasteiger partial charge in [0.1, 0.15) is 6.04 Å². The van der Waals surface area contributed by atoms with Crippen LogP contribution in [0.4, 0.5) is 0 Å². The second-order valence-electron chi connectivity index (χ2n) is 8.31. The van der Waals surface area contributed by atoms with Crippen LogP contribution >= 0.6 is 0 Å². The number of hydrogen-bond donors (Lipinski definition) is 1. The number of amides is 2. The molecular weight excluding hydrogens is 374 g/mol. The summed E-state index contributed by atoms with van der Waals surface area (Å²) in [6.07, 6.45) is 4.31. The Morgan fingerprint density at radius 3 is 2.45 bits per heavy atom. The van der Waals surface area contributed by atoms with E-state index in [-0.39, 0.29) is 23.8 Å². The predicted molar refractivity (Wildman–Crippen MR) is 104 cm³/mol. The highest BCUT2D eigenvalue weighted by atomic mass is 16.7. The van der Waals surface area contributed by atoms with Crippen molar-refractivity contribution in [3.05, 3.63) is 34.2 Å². The van der Waals surface area contributed by atoms with Crippen LogP contribution in [0.1, 0.15) is 56.0 Å². The molecule has 1 spiro atoms. The van der Waals surface area contributed by atoms with Gasteiger partial charge in [0.15, 0.2) is 5.79 Å². The lowest BCUT2D eigenvalue weighted by Gasteiger charge is -2.35. The third-order valence-corrected chi connectivity index (χ3v) is 6.67. The Bertz CT molecular complexity index is 1040. The molecule has 2 aliphatic heterocycles. The molecule has 1 unspecified atom stereocenters. The molecule has 0 radical (unpaired) electrons. The Balaban J connectivity index is 1.46.